The van der Waals surface area contributed by atoms with Gasteiger partial charge in [-0.2, -0.15) is 13.2 Å². The van der Waals surface area contributed by atoms with Gasteiger partial charge in [0.15, 0.2) is 0 Å². The number of carbonyl (C=O) groups is 1. The lowest BCUT2D eigenvalue weighted by Gasteiger charge is -2.11. The van der Waals surface area contributed by atoms with Crippen LogP contribution in [0.3, 0.4) is 0 Å². The van der Waals surface area contributed by atoms with Crippen molar-refractivity contribution in [3.63, 3.8) is 0 Å². The highest BCUT2D eigenvalue weighted by molar-refractivity contribution is 9.11. The van der Waals surface area contributed by atoms with E-state index < -0.39 is 27.7 Å². The van der Waals surface area contributed by atoms with Crippen LogP contribution in [0.1, 0.15) is 17.5 Å². The number of alkyl halides is 3. The first kappa shape index (κ1) is 22.9. The Bertz CT molecular complexity index is 966. The van der Waals surface area contributed by atoms with Crippen molar-refractivity contribution >= 4 is 47.8 Å². The smallest absolute Gasteiger partial charge is 0.352 e. The largest absolute Gasteiger partial charge is 0.416 e. The molecule has 2 aromatic rings. The number of rotatable bonds is 7. The molecule has 0 saturated carbocycles. The van der Waals surface area contributed by atoms with E-state index in [1.54, 1.807) is 12.1 Å². The molecule has 0 aliphatic rings. The highest BCUT2D eigenvalue weighted by Gasteiger charge is 2.30. The Kier molecular flexibility index (Phi) is 7.66. The molecule has 152 valence electrons. The van der Waals surface area contributed by atoms with Crippen LogP contribution < -0.4 is 10.0 Å². The van der Waals surface area contributed by atoms with E-state index in [-0.39, 0.29) is 24.4 Å². The summed E-state index contributed by atoms with van der Waals surface area (Å²) in [5, 5.41) is 2.47. The molecule has 2 N–H and O–H groups in total. The Labute approximate surface area is 177 Å². The van der Waals surface area contributed by atoms with Crippen molar-refractivity contribution in [3.8, 4) is 0 Å². The van der Waals surface area contributed by atoms with Crippen LogP contribution in [0.5, 0.6) is 0 Å². The number of halogens is 5. The number of hydrogen-bond acceptors (Lipinski definition) is 3. The van der Waals surface area contributed by atoms with E-state index in [1.165, 1.54) is 18.2 Å². The molecule has 11 heteroatoms. The molecule has 2 rings (SSSR count). The van der Waals surface area contributed by atoms with Crippen LogP contribution in [0.15, 0.2) is 56.3 Å². The molecule has 0 bridgehead atoms. The van der Waals surface area contributed by atoms with Crippen LogP contribution in [0.4, 0.5) is 13.2 Å². The van der Waals surface area contributed by atoms with Crippen molar-refractivity contribution in [2.75, 3.05) is 6.54 Å². The van der Waals surface area contributed by atoms with Crippen molar-refractivity contribution in [3.05, 3.63) is 62.5 Å². The third-order valence-corrected chi connectivity index (χ3v) is 6.52. The van der Waals surface area contributed by atoms with Crippen LogP contribution in [-0.4, -0.2) is 20.9 Å². The van der Waals surface area contributed by atoms with Crippen molar-refractivity contribution < 1.29 is 26.4 Å². The SMILES string of the molecule is O=C(CCNS(=O)(=O)c1cc(Br)ccc1Br)NCc1cccc(C(F)(F)F)c1. The topological polar surface area (TPSA) is 75.3 Å². The number of carbonyl (C=O) groups excluding carboxylic acids is 1. The minimum atomic E-state index is -4.46. The molecule has 0 unspecified atom stereocenters. The quantitative estimate of drug-likeness (QED) is 0.549. The molecule has 0 atom stereocenters. The third-order valence-electron chi connectivity index (χ3n) is 3.57. The van der Waals surface area contributed by atoms with E-state index in [0.717, 1.165) is 12.1 Å². The molecule has 0 aliphatic carbocycles. The molecule has 0 fully saturated rings. The first-order chi connectivity index (χ1) is 13.0. The van der Waals surface area contributed by atoms with E-state index in [2.05, 4.69) is 41.9 Å². The van der Waals surface area contributed by atoms with Crippen LogP contribution in [0.25, 0.3) is 0 Å². The number of amides is 1. The molecule has 0 aromatic heterocycles. The first-order valence-corrected chi connectivity index (χ1v) is 10.9. The summed E-state index contributed by atoms with van der Waals surface area (Å²) >= 11 is 6.35. The summed E-state index contributed by atoms with van der Waals surface area (Å²) in [6.45, 7) is -0.248. The van der Waals surface area contributed by atoms with Crippen LogP contribution in [0, 0.1) is 0 Å². The molecule has 0 saturated heterocycles. The van der Waals surface area contributed by atoms with Gasteiger partial charge in [-0.15, -0.1) is 0 Å². The van der Waals surface area contributed by atoms with Gasteiger partial charge in [-0.1, -0.05) is 28.1 Å². The van der Waals surface area contributed by atoms with Crippen molar-refractivity contribution in [1.82, 2.24) is 10.0 Å². The molecule has 5 nitrogen and oxygen atoms in total. The van der Waals surface area contributed by atoms with E-state index >= 15 is 0 Å². The average molecular weight is 544 g/mol. The Morgan fingerprint density at radius 2 is 1.79 bits per heavy atom. The Morgan fingerprint density at radius 1 is 1.07 bits per heavy atom. The zero-order chi connectivity index (χ0) is 20.9. The minimum Gasteiger partial charge on any atom is -0.352 e. The molecule has 1 amide bonds. The van der Waals surface area contributed by atoms with E-state index in [1.807, 2.05) is 0 Å². The second-order valence-corrected chi connectivity index (χ2v) is 9.20. The Morgan fingerprint density at radius 3 is 2.46 bits per heavy atom. The number of hydrogen-bond donors (Lipinski definition) is 2. The monoisotopic (exact) mass is 542 g/mol. The Balaban J connectivity index is 1.87. The molecular weight excluding hydrogens is 529 g/mol. The summed E-state index contributed by atoms with van der Waals surface area (Å²) in [7, 11) is -3.83. The second kappa shape index (κ2) is 9.38. The molecule has 0 spiro atoms. The van der Waals surface area contributed by atoms with Crippen LogP contribution in [-0.2, 0) is 27.5 Å². The summed E-state index contributed by atoms with van der Waals surface area (Å²) in [4.78, 5) is 11.9. The van der Waals surface area contributed by atoms with Gasteiger partial charge in [-0.3, -0.25) is 4.79 Å². The van der Waals surface area contributed by atoms with Crippen molar-refractivity contribution in [1.29, 1.82) is 0 Å². The third kappa shape index (κ3) is 6.57. The highest BCUT2D eigenvalue weighted by atomic mass is 79.9. The number of benzene rings is 2. The highest BCUT2D eigenvalue weighted by Crippen LogP contribution is 2.29. The van der Waals surface area contributed by atoms with Crippen LogP contribution in [0.2, 0.25) is 0 Å². The van der Waals surface area contributed by atoms with Crippen molar-refractivity contribution in [2.45, 2.75) is 24.0 Å². The normalized spacial score (nSPS) is 12.0. The van der Waals surface area contributed by atoms with Gasteiger partial charge >= 0.3 is 6.18 Å². The lowest BCUT2D eigenvalue weighted by Crippen LogP contribution is -2.30. The summed E-state index contributed by atoms with van der Waals surface area (Å²) in [5.74, 6) is -0.492. The number of sulfonamides is 1. The molecule has 0 radical (unpaired) electrons. The van der Waals surface area contributed by atoms with Crippen LogP contribution >= 0.6 is 31.9 Å². The lowest BCUT2D eigenvalue weighted by atomic mass is 10.1. The number of nitrogens with one attached hydrogen (secondary N) is 2. The second-order valence-electron chi connectivity index (χ2n) is 5.70. The van der Waals surface area contributed by atoms with Gasteiger partial charge in [0.1, 0.15) is 0 Å². The average Bonchev–Trinajstić information content (AvgIpc) is 2.61. The van der Waals surface area contributed by atoms with Crippen molar-refractivity contribution in [2.24, 2.45) is 0 Å². The van der Waals surface area contributed by atoms with E-state index in [0.29, 0.717) is 14.5 Å². The zero-order valence-electron chi connectivity index (χ0n) is 14.2. The summed E-state index contributed by atoms with van der Waals surface area (Å²) in [5.41, 5.74) is -0.506. The van der Waals surface area contributed by atoms with Gasteiger partial charge in [0.25, 0.3) is 0 Å². The molecule has 28 heavy (non-hydrogen) atoms. The van der Waals surface area contributed by atoms with Gasteiger partial charge < -0.3 is 5.32 Å². The summed E-state index contributed by atoms with van der Waals surface area (Å²) < 4.78 is 65.9. The maximum absolute atomic E-state index is 12.7. The van der Waals surface area contributed by atoms with Gasteiger partial charge in [0.05, 0.1) is 10.5 Å². The maximum atomic E-state index is 12.7. The fourth-order valence-electron chi connectivity index (χ4n) is 2.21. The van der Waals surface area contributed by atoms with E-state index in [9.17, 15) is 26.4 Å². The lowest BCUT2D eigenvalue weighted by molar-refractivity contribution is -0.137. The molecule has 0 aliphatic heterocycles. The molecular formula is C17H15Br2F3N2O3S. The predicted octanol–water partition coefficient (Wildman–Crippen LogP) is 4.22. The van der Waals surface area contributed by atoms with E-state index in [4.69, 9.17) is 0 Å². The van der Waals surface area contributed by atoms with Gasteiger partial charge in [-0.25, -0.2) is 13.1 Å². The summed E-state index contributed by atoms with van der Waals surface area (Å²) in [6.07, 6.45) is -4.62. The zero-order valence-corrected chi connectivity index (χ0v) is 18.2. The van der Waals surface area contributed by atoms with Gasteiger partial charge in [0, 0.05) is 28.5 Å². The first-order valence-electron chi connectivity index (χ1n) is 7.86. The predicted molar refractivity (Wildman–Crippen MR) is 105 cm³/mol. The Hall–Kier alpha value is -1.43. The standard InChI is InChI=1S/C17H15Br2F3N2O3S/c18-13-4-5-14(19)15(9-13)28(26,27)24-7-6-16(25)23-10-11-2-1-3-12(8-11)17(20,21)22/h1-5,8-9,24H,6-7,10H2,(H,23,25). The molecule has 2 aromatic carbocycles. The fraction of sp³-hybridized carbons (Fsp3) is 0.235. The maximum Gasteiger partial charge on any atom is 0.416 e. The van der Waals surface area contributed by atoms with Gasteiger partial charge in [-0.05, 0) is 51.8 Å². The molecule has 0 heterocycles. The summed E-state index contributed by atoms with van der Waals surface area (Å²) in [6, 6.07) is 9.27. The minimum absolute atomic E-state index is 0.0197. The fourth-order valence-corrected chi connectivity index (χ4v) is 4.74. The van der Waals surface area contributed by atoms with Gasteiger partial charge in [0.2, 0.25) is 15.9 Å².